The summed E-state index contributed by atoms with van der Waals surface area (Å²) in [6.45, 7) is 4.24. The molecule has 0 rings (SSSR count). The fourth-order valence-corrected chi connectivity index (χ4v) is 5.47. The Bertz CT molecular complexity index is 928. The van der Waals surface area contributed by atoms with Crippen molar-refractivity contribution in [2.24, 2.45) is 0 Å². The van der Waals surface area contributed by atoms with Gasteiger partial charge in [-0.05, 0) is 44.9 Å². The van der Waals surface area contributed by atoms with Gasteiger partial charge in [0.2, 0.25) is 0 Å². The van der Waals surface area contributed by atoms with Crippen LogP contribution in [0.1, 0.15) is 142 Å². The number of hydrogen-bond acceptors (Lipinski definition) is 7. The van der Waals surface area contributed by atoms with Crippen LogP contribution in [0.15, 0.2) is 36.5 Å². The number of rotatable bonds is 33. The summed E-state index contributed by atoms with van der Waals surface area (Å²) in [5.74, 6) is -0.824. The zero-order valence-corrected chi connectivity index (χ0v) is 32.1. The van der Waals surface area contributed by atoms with E-state index in [9.17, 15) is 19.0 Å². The topological polar surface area (TPSA) is 108 Å². The van der Waals surface area contributed by atoms with E-state index in [0.717, 1.165) is 70.6 Å². The second-order valence-electron chi connectivity index (χ2n) is 13.6. The number of ether oxygens (including phenoxy) is 2. The largest absolute Gasteiger partial charge is 0.472 e. The number of phosphoric acid groups is 1. The zero-order valence-electron chi connectivity index (χ0n) is 31.2. The highest BCUT2D eigenvalue weighted by Crippen LogP contribution is 2.43. The minimum atomic E-state index is -4.37. The Labute approximate surface area is 293 Å². The molecule has 0 spiro atoms. The number of likely N-dealkylation sites (N-methyl/N-ethyl adjacent to an activating group) is 1. The molecule has 0 aliphatic rings. The summed E-state index contributed by atoms with van der Waals surface area (Å²) in [6.07, 6.45) is 32.0. The number of unbranched alkanes of at least 4 members (excludes halogenated alkanes) is 13. The summed E-state index contributed by atoms with van der Waals surface area (Å²) >= 11 is 0. The average molecular weight is 701 g/mol. The fourth-order valence-electron chi connectivity index (χ4n) is 4.73. The molecule has 0 amide bonds. The molecule has 0 saturated carbocycles. The van der Waals surface area contributed by atoms with Crippen LogP contribution >= 0.6 is 7.82 Å². The number of esters is 2. The molecule has 10 heteroatoms. The summed E-state index contributed by atoms with van der Waals surface area (Å²) in [7, 11) is 1.46. The maximum Gasteiger partial charge on any atom is 0.472 e. The van der Waals surface area contributed by atoms with Crippen LogP contribution in [0.4, 0.5) is 0 Å². The van der Waals surface area contributed by atoms with Crippen LogP contribution < -0.4 is 0 Å². The molecule has 280 valence electrons. The Kier molecular flexibility index (Phi) is 30.1. The Morgan fingerprint density at radius 1 is 0.667 bits per heavy atom. The lowest BCUT2D eigenvalue weighted by Crippen LogP contribution is -2.37. The Balaban J connectivity index is 4.47. The van der Waals surface area contributed by atoms with Gasteiger partial charge >= 0.3 is 19.8 Å². The van der Waals surface area contributed by atoms with Crippen molar-refractivity contribution in [1.82, 2.24) is 0 Å². The van der Waals surface area contributed by atoms with Gasteiger partial charge in [0.15, 0.2) is 6.10 Å². The van der Waals surface area contributed by atoms with Gasteiger partial charge in [0, 0.05) is 12.8 Å². The highest BCUT2D eigenvalue weighted by molar-refractivity contribution is 7.47. The third-order valence-corrected chi connectivity index (χ3v) is 8.67. The van der Waals surface area contributed by atoms with E-state index in [1.807, 2.05) is 21.1 Å². The molecular formula is C38H71NO8P+. The first kappa shape index (κ1) is 46.2. The van der Waals surface area contributed by atoms with Crippen LogP contribution in [0, 0.1) is 0 Å². The molecular weight excluding hydrogens is 629 g/mol. The van der Waals surface area contributed by atoms with Gasteiger partial charge in [0.1, 0.15) is 19.8 Å². The van der Waals surface area contributed by atoms with Crippen molar-refractivity contribution in [2.75, 3.05) is 47.5 Å². The molecule has 0 saturated heterocycles. The predicted octanol–water partition coefficient (Wildman–Crippen LogP) is 9.79. The van der Waals surface area contributed by atoms with E-state index in [0.29, 0.717) is 17.4 Å². The molecule has 0 fully saturated rings. The number of phosphoric ester groups is 1. The monoisotopic (exact) mass is 700 g/mol. The molecule has 2 atom stereocenters. The molecule has 0 aromatic rings. The predicted molar refractivity (Wildman–Crippen MR) is 197 cm³/mol. The number of hydrogen-bond donors (Lipinski definition) is 1. The van der Waals surface area contributed by atoms with Gasteiger partial charge in [0.25, 0.3) is 0 Å². The van der Waals surface area contributed by atoms with Crippen molar-refractivity contribution >= 4 is 19.8 Å². The lowest BCUT2D eigenvalue weighted by Gasteiger charge is -2.24. The lowest BCUT2D eigenvalue weighted by atomic mass is 10.1. The third kappa shape index (κ3) is 34.1. The Morgan fingerprint density at radius 2 is 1.19 bits per heavy atom. The molecule has 0 aromatic carbocycles. The van der Waals surface area contributed by atoms with Gasteiger partial charge < -0.3 is 18.9 Å². The van der Waals surface area contributed by atoms with E-state index in [1.54, 1.807) is 0 Å². The van der Waals surface area contributed by atoms with Crippen LogP contribution in [-0.2, 0) is 32.7 Å². The number of allylic oxidation sites excluding steroid dienone is 6. The molecule has 0 aromatic heterocycles. The van der Waals surface area contributed by atoms with Gasteiger partial charge in [-0.3, -0.25) is 18.6 Å². The highest BCUT2D eigenvalue weighted by Gasteiger charge is 2.27. The minimum absolute atomic E-state index is 0.0281. The molecule has 48 heavy (non-hydrogen) atoms. The van der Waals surface area contributed by atoms with E-state index in [2.05, 4.69) is 50.3 Å². The first-order chi connectivity index (χ1) is 23.0. The Hall–Kier alpha value is -1.77. The number of nitrogens with zero attached hydrogens (tertiary/aromatic N) is 1. The molecule has 1 unspecified atom stereocenters. The smallest absolute Gasteiger partial charge is 0.462 e. The zero-order chi connectivity index (χ0) is 35.8. The second kappa shape index (κ2) is 31.2. The van der Waals surface area contributed by atoms with Crippen LogP contribution in [-0.4, -0.2) is 74.9 Å². The number of carbonyl (C=O) groups excluding carboxylic acids is 2. The molecule has 0 radical (unpaired) electrons. The highest BCUT2D eigenvalue weighted by atomic mass is 31.2. The number of carbonyl (C=O) groups is 2. The summed E-state index contributed by atoms with van der Waals surface area (Å²) < 4.78 is 34.1. The van der Waals surface area contributed by atoms with Gasteiger partial charge in [-0.25, -0.2) is 4.57 Å². The Morgan fingerprint density at radius 3 is 1.77 bits per heavy atom. The van der Waals surface area contributed by atoms with Crippen molar-refractivity contribution in [2.45, 2.75) is 148 Å². The quantitative estimate of drug-likeness (QED) is 0.0237. The third-order valence-electron chi connectivity index (χ3n) is 7.68. The van der Waals surface area contributed by atoms with E-state index in [1.165, 1.54) is 38.5 Å². The summed E-state index contributed by atoms with van der Waals surface area (Å²) in [6, 6.07) is 0. The van der Waals surface area contributed by atoms with Gasteiger partial charge in [-0.2, -0.15) is 0 Å². The average Bonchev–Trinajstić information content (AvgIpc) is 3.02. The standard InChI is InChI=1S/C38H70NO8P/c1-6-8-10-12-14-16-17-18-19-20-21-23-25-27-29-31-38(41)47-36(35-46-48(42,43)45-33-32-39(3,4)5)34-44-37(40)30-28-26-24-22-15-13-11-9-7-2/h8,10,14,16,18-19,36H,6-7,9,11-13,15,17,20-35H2,1-5H3/p+1/b10-8-,16-14-,19-18-/t36-/m1/s1. The lowest BCUT2D eigenvalue weighted by molar-refractivity contribution is -0.870. The van der Waals surface area contributed by atoms with Crippen molar-refractivity contribution < 1.29 is 42.1 Å². The van der Waals surface area contributed by atoms with Crippen molar-refractivity contribution in [3.8, 4) is 0 Å². The maximum absolute atomic E-state index is 12.6. The van der Waals surface area contributed by atoms with Crippen LogP contribution in [0.2, 0.25) is 0 Å². The fraction of sp³-hybridized carbons (Fsp3) is 0.789. The van der Waals surface area contributed by atoms with Crippen LogP contribution in [0.25, 0.3) is 0 Å². The van der Waals surface area contributed by atoms with E-state index in [4.69, 9.17) is 18.5 Å². The first-order valence-electron chi connectivity index (χ1n) is 18.7. The van der Waals surface area contributed by atoms with Gasteiger partial charge in [-0.15, -0.1) is 0 Å². The molecule has 0 aliphatic carbocycles. The van der Waals surface area contributed by atoms with Gasteiger partial charge in [0.05, 0.1) is 27.7 Å². The van der Waals surface area contributed by atoms with E-state index >= 15 is 0 Å². The van der Waals surface area contributed by atoms with E-state index in [-0.39, 0.29) is 32.0 Å². The van der Waals surface area contributed by atoms with E-state index < -0.39 is 26.5 Å². The van der Waals surface area contributed by atoms with Crippen LogP contribution in [0.3, 0.4) is 0 Å². The second-order valence-corrected chi connectivity index (χ2v) is 15.0. The van der Waals surface area contributed by atoms with Crippen molar-refractivity contribution in [1.29, 1.82) is 0 Å². The molecule has 0 heterocycles. The number of quaternary nitrogens is 1. The molecule has 0 bridgehead atoms. The van der Waals surface area contributed by atoms with Crippen molar-refractivity contribution in [3.63, 3.8) is 0 Å². The summed E-state index contributed by atoms with van der Waals surface area (Å²) in [5, 5.41) is 0. The van der Waals surface area contributed by atoms with Crippen LogP contribution in [0.5, 0.6) is 0 Å². The SMILES string of the molecule is CC/C=C\C/C=C\C/C=C\CCCCCCCC(=O)O[C@H](COC(=O)CCCCCCCCCCC)COP(=O)(O)OCC[N+](C)(C)C. The molecule has 0 aliphatic heterocycles. The summed E-state index contributed by atoms with van der Waals surface area (Å²) in [5.41, 5.74) is 0. The van der Waals surface area contributed by atoms with Crippen molar-refractivity contribution in [3.05, 3.63) is 36.5 Å². The minimum Gasteiger partial charge on any atom is -0.462 e. The maximum atomic E-state index is 12.6. The molecule has 9 nitrogen and oxygen atoms in total. The summed E-state index contributed by atoms with van der Waals surface area (Å²) in [4.78, 5) is 35.1. The van der Waals surface area contributed by atoms with Gasteiger partial charge in [-0.1, -0.05) is 121 Å². The first-order valence-corrected chi connectivity index (χ1v) is 20.2. The molecule has 1 N–H and O–H groups in total. The normalized spacial score (nSPS) is 14.2.